The van der Waals surface area contributed by atoms with Gasteiger partial charge in [0.1, 0.15) is 5.69 Å². The van der Waals surface area contributed by atoms with Crippen LogP contribution in [0.25, 0.3) is 22.4 Å². The topological polar surface area (TPSA) is 93.8 Å². The number of benzene rings is 1. The molecule has 7 nitrogen and oxygen atoms in total. The largest absolute Gasteiger partial charge is 0.481 e. The van der Waals surface area contributed by atoms with E-state index in [2.05, 4.69) is 20.1 Å². The first-order valence-electron chi connectivity index (χ1n) is 11.2. The number of hydrogen-bond acceptors (Lipinski definition) is 5. The fourth-order valence-corrected chi connectivity index (χ4v) is 4.22. The van der Waals surface area contributed by atoms with E-state index in [1.54, 1.807) is 24.1 Å². The predicted molar refractivity (Wildman–Crippen MR) is 132 cm³/mol. The fourth-order valence-electron chi connectivity index (χ4n) is 4.22. The summed E-state index contributed by atoms with van der Waals surface area (Å²) in [6, 6.07) is 11.4. The Morgan fingerprint density at radius 2 is 1.75 bits per heavy atom. The molecule has 0 spiro atoms. The van der Waals surface area contributed by atoms with Crippen LogP contribution in [0.4, 0.5) is 8.78 Å². The van der Waals surface area contributed by atoms with Crippen molar-refractivity contribution in [3.8, 4) is 22.4 Å². The van der Waals surface area contributed by atoms with Gasteiger partial charge in [-0.1, -0.05) is 30.3 Å². The molecule has 3 aromatic heterocycles. The standard InChI is InChI=1S/C26H23F2N5O2.ClH/c1-25(27,28)23-15-29-13-19(32-23)11-22-20(14-31-33(22)2)21-8-5-17(12-30-21)16-3-6-18(7-4-16)26(9-10-26)24(34)35;/h3-8,12-15H,9-11H2,1-2H3,(H,34,35);1H. The Labute approximate surface area is 212 Å². The van der Waals surface area contributed by atoms with Crippen molar-refractivity contribution in [1.29, 1.82) is 0 Å². The molecule has 3 heterocycles. The van der Waals surface area contributed by atoms with E-state index >= 15 is 0 Å². The van der Waals surface area contributed by atoms with E-state index in [1.165, 1.54) is 6.20 Å². The first-order chi connectivity index (χ1) is 16.7. The van der Waals surface area contributed by atoms with E-state index in [0.29, 0.717) is 24.2 Å². The highest BCUT2D eigenvalue weighted by Crippen LogP contribution is 2.48. The minimum Gasteiger partial charge on any atom is -0.481 e. The van der Waals surface area contributed by atoms with Crippen LogP contribution in [0.3, 0.4) is 0 Å². The first-order valence-corrected chi connectivity index (χ1v) is 11.2. The Bertz CT molecular complexity index is 1400. The highest BCUT2D eigenvalue weighted by molar-refractivity contribution is 5.85. The zero-order valence-electron chi connectivity index (χ0n) is 19.7. The lowest BCUT2D eigenvalue weighted by atomic mass is 9.94. The lowest BCUT2D eigenvalue weighted by molar-refractivity contribution is -0.140. The van der Waals surface area contributed by atoms with Gasteiger partial charge in [0.2, 0.25) is 0 Å². The van der Waals surface area contributed by atoms with Crippen LogP contribution in [0.5, 0.6) is 0 Å². The number of rotatable bonds is 7. The molecule has 1 fully saturated rings. The van der Waals surface area contributed by atoms with E-state index < -0.39 is 17.3 Å². The number of aliphatic carboxylic acids is 1. The van der Waals surface area contributed by atoms with Gasteiger partial charge in [0.05, 0.1) is 34.9 Å². The third-order valence-corrected chi connectivity index (χ3v) is 6.51. The van der Waals surface area contributed by atoms with Gasteiger partial charge < -0.3 is 5.11 Å². The Morgan fingerprint density at radius 1 is 1.06 bits per heavy atom. The SMILES string of the molecule is Cl.Cn1ncc(-c2ccc(-c3ccc(C4(C(=O)O)CC4)cc3)cn2)c1Cc1cncc(C(C)(F)F)n1. The third-order valence-electron chi connectivity index (χ3n) is 6.51. The molecule has 1 aliphatic rings. The number of pyridine rings is 1. The lowest BCUT2D eigenvalue weighted by Gasteiger charge is -2.12. The highest BCUT2D eigenvalue weighted by Gasteiger charge is 2.51. The van der Waals surface area contributed by atoms with Gasteiger partial charge in [-0.3, -0.25) is 19.4 Å². The normalized spacial score (nSPS) is 14.2. The molecule has 0 aliphatic heterocycles. The number of carboxylic acids is 1. The van der Waals surface area contributed by atoms with Gasteiger partial charge in [0, 0.05) is 43.9 Å². The van der Waals surface area contributed by atoms with Crippen molar-refractivity contribution >= 4 is 18.4 Å². The number of aromatic nitrogens is 5. The van der Waals surface area contributed by atoms with Gasteiger partial charge in [0.25, 0.3) is 5.92 Å². The van der Waals surface area contributed by atoms with Crippen LogP contribution in [-0.2, 0) is 29.6 Å². The predicted octanol–water partition coefficient (Wildman–Crippen LogP) is 5.18. The van der Waals surface area contributed by atoms with Gasteiger partial charge in [0.15, 0.2) is 0 Å². The highest BCUT2D eigenvalue weighted by atomic mass is 35.5. The van der Waals surface area contributed by atoms with E-state index in [-0.39, 0.29) is 24.5 Å². The van der Waals surface area contributed by atoms with Crippen LogP contribution in [0.15, 0.2) is 61.2 Å². The van der Waals surface area contributed by atoms with Crippen LogP contribution in [0.2, 0.25) is 0 Å². The summed E-state index contributed by atoms with van der Waals surface area (Å²) in [5.74, 6) is -3.84. The van der Waals surface area contributed by atoms with E-state index in [9.17, 15) is 18.7 Å². The molecule has 0 radical (unpaired) electrons. The van der Waals surface area contributed by atoms with Gasteiger partial charge in [-0.15, -0.1) is 12.4 Å². The number of aryl methyl sites for hydroxylation is 1. The smallest absolute Gasteiger partial charge is 0.314 e. The molecule has 1 aliphatic carbocycles. The maximum atomic E-state index is 13.7. The Balaban J connectivity index is 0.00000304. The summed E-state index contributed by atoms with van der Waals surface area (Å²) in [6.45, 7) is 0.797. The van der Waals surface area contributed by atoms with Crippen LogP contribution >= 0.6 is 12.4 Å². The average molecular weight is 512 g/mol. The average Bonchev–Trinajstić information content (AvgIpc) is 3.59. The number of nitrogens with zero attached hydrogens (tertiary/aromatic N) is 5. The number of alkyl halides is 2. The van der Waals surface area contributed by atoms with Crippen molar-refractivity contribution in [3.05, 3.63) is 83.8 Å². The number of hydrogen-bond donors (Lipinski definition) is 1. The Kier molecular flexibility index (Phi) is 6.62. The monoisotopic (exact) mass is 511 g/mol. The second-order valence-electron chi connectivity index (χ2n) is 8.99. The van der Waals surface area contributed by atoms with Gasteiger partial charge >= 0.3 is 5.97 Å². The van der Waals surface area contributed by atoms with Crippen molar-refractivity contribution in [2.24, 2.45) is 7.05 Å². The minimum absolute atomic E-state index is 0. The van der Waals surface area contributed by atoms with E-state index in [4.69, 9.17) is 0 Å². The molecule has 1 N–H and O–H groups in total. The molecule has 1 saturated carbocycles. The number of carboxylic acid groups (broad SMARTS) is 1. The van der Waals surface area contributed by atoms with Gasteiger partial charge in [-0.2, -0.15) is 13.9 Å². The first kappa shape index (κ1) is 25.4. The molecular formula is C26H24ClF2N5O2. The quantitative estimate of drug-likeness (QED) is 0.367. The minimum atomic E-state index is -3.07. The second kappa shape index (κ2) is 9.39. The zero-order valence-corrected chi connectivity index (χ0v) is 20.5. The van der Waals surface area contributed by atoms with Crippen molar-refractivity contribution in [2.75, 3.05) is 0 Å². The molecule has 0 bridgehead atoms. The van der Waals surface area contributed by atoms with E-state index in [1.807, 2.05) is 36.4 Å². The summed E-state index contributed by atoms with van der Waals surface area (Å²) in [6.07, 6.45) is 7.61. The van der Waals surface area contributed by atoms with Crippen molar-refractivity contribution < 1.29 is 18.7 Å². The number of halogens is 3. The van der Waals surface area contributed by atoms with E-state index in [0.717, 1.165) is 41.1 Å². The molecule has 0 amide bonds. The lowest BCUT2D eigenvalue weighted by Crippen LogP contribution is -2.19. The van der Waals surface area contributed by atoms with Crippen molar-refractivity contribution in [1.82, 2.24) is 24.7 Å². The molecule has 5 rings (SSSR count). The number of carbonyl (C=O) groups is 1. The zero-order chi connectivity index (χ0) is 24.8. The summed E-state index contributed by atoms with van der Waals surface area (Å²) < 4.78 is 29.0. The molecule has 0 atom stereocenters. The van der Waals surface area contributed by atoms with Crippen LogP contribution in [-0.4, -0.2) is 35.8 Å². The fraction of sp³-hybridized carbons (Fsp3) is 0.269. The van der Waals surface area contributed by atoms with Crippen LogP contribution < -0.4 is 0 Å². The second-order valence-corrected chi connectivity index (χ2v) is 8.99. The Hall–Kier alpha value is -3.72. The Morgan fingerprint density at radius 3 is 2.33 bits per heavy atom. The molecule has 10 heteroatoms. The summed E-state index contributed by atoms with van der Waals surface area (Å²) in [5.41, 5.74) is 4.23. The maximum Gasteiger partial charge on any atom is 0.314 e. The maximum absolute atomic E-state index is 13.7. The summed E-state index contributed by atoms with van der Waals surface area (Å²) in [4.78, 5) is 24.2. The van der Waals surface area contributed by atoms with Crippen molar-refractivity contribution in [3.63, 3.8) is 0 Å². The molecule has 36 heavy (non-hydrogen) atoms. The summed E-state index contributed by atoms with van der Waals surface area (Å²) in [5, 5.41) is 13.8. The molecule has 4 aromatic rings. The molecule has 1 aromatic carbocycles. The molecular weight excluding hydrogens is 488 g/mol. The van der Waals surface area contributed by atoms with Crippen LogP contribution in [0.1, 0.15) is 42.4 Å². The summed E-state index contributed by atoms with van der Waals surface area (Å²) in [7, 11) is 1.78. The molecule has 0 saturated heterocycles. The van der Waals surface area contributed by atoms with Crippen molar-refractivity contribution in [2.45, 2.75) is 37.5 Å². The molecule has 0 unspecified atom stereocenters. The third kappa shape index (κ3) is 4.70. The van der Waals surface area contributed by atoms with Gasteiger partial charge in [-0.25, -0.2) is 4.98 Å². The molecule has 186 valence electrons. The van der Waals surface area contributed by atoms with Crippen LogP contribution in [0, 0.1) is 0 Å². The van der Waals surface area contributed by atoms with Gasteiger partial charge in [-0.05, 0) is 30.0 Å². The summed E-state index contributed by atoms with van der Waals surface area (Å²) >= 11 is 0.